The molecule has 0 saturated heterocycles. The van der Waals surface area contributed by atoms with Crippen LogP contribution in [-0.2, 0) is 0 Å². The molecule has 17 heavy (non-hydrogen) atoms. The summed E-state index contributed by atoms with van der Waals surface area (Å²) in [6.07, 6.45) is 0. The predicted octanol–water partition coefficient (Wildman–Crippen LogP) is 3.51. The number of benzene rings is 1. The molecular weight excluding hydrogens is 254 g/mol. The standard InChI is InChI=1S/C13H14ClNOS/c1-9(6-14)7-15-13(16)11-8-17-12-5-3-2-4-10(11)12/h2-5,8-9H,6-7H2,1H3,(H,15,16). The highest BCUT2D eigenvalue weighted by Crippen LogP contribution is 2.25. The summed E-state index contributed by atoms with van der Waals surface area (Å²) in [4.78, 5) is 12.0. The molecule has 0 bridgehead atoms. The molecule has 4 heteroatoms. The molecule has 2 nitrogen and oxygen atoms in total. The van der Waals surface area contributed by atoms with E-state index in [1.54, 1.807) is 11.3 Å². The number of rotatable bonds is 4. The fourth-order valence-corrected chi connectivity index (χ4v) is 2.62. The number of halogens is 1. The van der Waals surface area contributed by atoms with Crippen LogP contribution in [0.5, 0.6) is 0 Å². The number of alkyl halides is 1. The van der Waals surface area contributed by atoms with Gasteiger partial charge in [0, 0.05) is 27.9 Å². The van der Waals surface area contributed by atoms with Crippen LogP contribution >= 0.6 is 22.9 Å². The van der Waals surface area contributed by atoms with Gasteiger partial charge in [0.2, 0.25) is 0 Å². The zero-order chi connectivity index (χ0) is 12.3. The molecule has 1 aromatic heterocycles. The fourth-order valence-electron chi connectivity index (χ4n) is 1.57. The van der Waals surface area contributed by atoms with Crippen molar-refractivity contribution in [3.63, 3.8) is 0 Å². The minimum Gasteiger partial charge on any atom is -0.352 e. The Bertz CT molecular complexity index is 523. The van der Waals surface area contributed by atoms with Gasteiger partial charge >= 0.3 is 0 Å². The number of hydrogen-bond acceptors (Lipinski definition) is 2. The minimum absolute atomic E-state index is 0.0144. The van der Waals surface area contributed by atoms with Gasteiger partial charge in [0.15, 0.2) is 0 Å². The largest absolute Gasteiger partial charge is 0.352 e. The molecule has 1 aromatic carbocycles. The van der Waals surface area contributed by atoms with Crippen molar-refractivity contribution in [2.24, 2.45) is 5.92 Å². The van der Waals surface area contributed by atoms with Gasteiger partial charge in [-0.05, 0) is 12.0 Å². The van der Waals surface area contributed by atoms with Crippen LogP contribution in [0.3, 0.4) is 0 Å². The first-order chi connectivity index (χ1) is 8.22. The molecule has 1 unspecified atom stereocenters. The van der Waals surface area contributed by atoms with Crippen LogP contribution in [-0.4, -0.2) is 18.3 Å². The quantitative estimate of drug-likeness (QED) is 0.844. The molecule has 1 N–H and O–H groups in total. The SMILES string of the molecule is CC(CCl)CNC(=O)c1csc2ccccc12. The van der Waals surface area contributed by atoms with E-state index in [4.69, 9.17) is 11.6 Å². The van der Waals surface area contributed by atoms with Crippen LogP contribution in [0, 0.1) is 5.92 Å². The molecule has 2 aromatic rings. The highest BCUT2D eigenvalue weighted by Gasteiger charge is 2.12. The van der Waals surface area contributed by atoms with Gasteiger partial charge in [-0.1, -0.05) is 25.1 Å². The summed E-state index contributed by atoms with van der Waals surface area (Å²) < 4.78 is 1.14. The average Bonchev–Trinajstić information content (AvgIpc) is 2.79. The molecular formula is C13H14ClNOS. The molecule has 0 aliphatic carbocycles. The second-order valence-corrected chi connectivity index (χ2v) is 5.33. The Morgan fingerprint density at radius 2 is 2.24 bits per heavy atom. The van der Waals surface area contributed by atoms with Crippen molar-refractivity contribution in [2.45, 2.75) is 6.92 Å². The van der Waals surface area contributed by atoms with Crippen LogP contribution in [0.1, 0.15) is 17.3 Å². The van der Waals surface area contributed by atoms with E-state index in [2.05, 4.69) is 5.32 Å². The molecule has 0 radical (unpaired) electrons. The molecule has 0 saturated carbocycles. The predicted molar refractivity (Wildman–Crippen MR) is 74.0 cm³/mol. The number of thiophene rings is 1. The number of hydrogen-bond donors (Lipinski definition) is 1. The van der Waals surface area contributed by atoms with E-state index in [0.717, 1.165) is 15.6 Å². The van der Waals surface area contributed by atoms with Crippen molar-refractivity contribution >= 4 is 38.9 Å². The summed E-state index contributed by atoms with van der Waals surface area (Å²) in [6.45, 7) is 2.63. The highest BCUT2D eigenvalue weighted by atomic mass is 35.5. The van der Waals surface area contributed by atoms with Gasteiger partial charge in [-0.2, -0.15) is 0 Å². The maximum Gasteiger partial charge on any atom is 0.252 e. The lowest BCUT2D eigenvalue weighted by atomic mass is 10.1. The smallest absolute Gasteiger partial charge is 0.252 e. The number of nitrogens with one attached hydrogen (secondary N) is 1. The summed E-state index contributed by atoms with van der Waals surface area (Å²) in [5.41, 5.74) is 0.757. The Hall–Kier alpha value is -1.06. The lowest BCUT2D eigenvalue weighted by molar-refractivity contribution is 0.0951. The van der Waals surface area contributed by atoms with E-state index in [1.807, 2.05) is 36.6 Å². The third kappa shape index (κ3) is 2.79. The molecule has 2 rings (SSSR count). The molecule has 1 heterocycles. The van der Waals surface area contributed by atoms with Gasteiger partial charge in [-0.3, -0.25) is 4.79 Å². The third-order valence-corrected chi connectivity index (χ3v) is 4.09. The first kappa shape index (κ1) is 12.4. The lowest BCUT2D eigenvalue weighted by Crippen LogP contribution is -2.28. The zero-order valence-electron chi connectivity index (χ0n) is 9.57. The maximum absolute atomic E-state index is 12.0. The second kappa shape index (κ2) is 5.52. The van der Waals surface area contributed by atoms with Crippen LogP contribution in [0.4, 0.5) is 0 Å². The first-order valence-electron chi connectivity index (χ1n) is 5.52. The Morgan fingerprint density at radius 1 is 1.47 bits per heavy atom. The van der Waals surface area contributed by atoms with Crippen LogP contribution in [0.2, 0.25) is 0 Å². The van der Waals surface area contributed by atoms with Crippen molar-refractivity contribution in [1.29, 1.82) is 0 Å². The van der Waals surface area contributed by atoms with Gasteiger partial charge < -0.3 is 5.32 Å². The van der Waals surface area contributed by atoms with Crippen LogP contribution in [0.15, 0.2) is 29.6 Å². The molecule has 90 valence electrons. The number of carbonyl (C=O) groups is 1. The molecule has 1 amide bonds. The maximum atomic E-state index is 12.0. The van der Waals surface area contributed by atoms with Crippen molar-refractivity contribution in [1.82, 2.24) is 5.32 Å². The number of carbonyl (C=O) groups excluding carboxylic acids is 1. The summed E-state index contributed by atoms with van der Waals surface area (Å²) in [6, 6.07) is 7.94. The molecule has 0 spiro atoms. The lowest BCUT2D eigenvalue weighted by Gasteiger charge is -2.08. The normalized spacial score (nSPS) is 12.6. The summed E-state index contributed by atoms with van der Waals surface area (Å²) in [7, 11) is 0. The van der Waals surface area contributed by atoms with Crippen molar-refractivity contribution in [3.8, 4) is 0 Å². The summed E-state index contributed by atoms with van der Waals surface area (Å²) in [5, 5.41) is 5.84. The van der Waals surface area contributed by atoms with Gasteiger partial charge in [0.25, 0.3) is 5.91 Å². The number of fused-ring (bicyclic) bond motifs is 1. The summed E-state index contributed by atoms with van der Waals surface area (Å²) in [5.74, 6) is 0.843. The molecule has 0 aliphatic rings. The molecule has 1 atom stereocenters. The average molecular weight is 268 g/mol. The molecule has 0 fully saturated rings. The third-order valence-electron chi connectivity index (χ3n) is 2.60. The Labute approximate surface area is 110 Å². The Kier molecular flexibility index (Phi) is 4.02. The van der Waals surface area contributed by atoms with Crippen molar-refractivity contribution < 1.29 is 4.79 Å². The van der Waals surface area contributed by atoms with E-state index >= 15 is 0 Å². The Balaban J connectivity index is 2.14. The van der Waals surface area contributed by atoms with E-state index in [1.165, 1.54) is 0 Å². The van der Waals surface area contributed by atoms with Gasteiger partial charge in [0.1, 0.15) is 0 Å². The highest BCUT2D eigenvalue weighted by molar-refractivity contribution is 7.17. The monoisotopic (exact) mass is 267 g/mol. The van der Waals surface area contributed by atoms with E-state index < -0.39 is 0 Å². The van der Waals surface area contributed by atoms with Crippen LogP contribution < -0.4 is 5.32 Å². The number of amides is 1. The van der Waals surface area contributed by atoms with Gasteiger partial charge in [0.05, 0.1) is 5.56 Å². The van der Waals surface area contributed by atoms with E-state index in [-0.39, 0.29) is 5.91 Å². The summed E-state index contributed by atoms with van der Waals surface area (Å²) >= 11 is 7.30. The first-order valence-corrected chi connectivity index (χ1v) is 6.94. The van der Waals surface area contributed by atoms with Gasteiger partial charge in [-0.15, -0.1) is 22.9 Å². The topological polar surface area (TPSA) is 29.1 Å². The second-order valence-electron chi connectivity index (χ2n) is 4.12. The van der Waals surface area contributed by atoms with Crippen molar-refractivity contribution in [2.75, 3.05) is 12.4 Å². The fraction of sp³-hybridized carbons (Fsp3) is 0.308. The zero-order valence-corrected chi connectivity index (χ0v) is 11.1. The Morgan fingerprint density at radius 3 is 3.00 bits per heavy atom. The van der Waals surface area contributed by atoms with E-state index in [9.17, 15) is 4.79 Å². The minimum atomic E-state index is -0.0144. The molecule has 0 aliphatic heterocycles. The van der Waals surface area contributed by atoms with Crippen molar-refractivity contribution in [3.05, 3.63) is 35.2 Å². The van der Waals surface area contributed by atoms with Gasteiger partial charge in [-0.25, -0.2) is 0 Å². The van der Waals surface area contributed by atoms with E-state index in [0.29, 0.717) is 18.3 Å². The van der Waals surface area contributed by atoms with Crippen LogP contribution in [0.25, 0.3) is 10.1 Å².